The molecule has 2 atom stereocenters. The van der Waals surface area contributed by atoms with Crippen LogP contribution in [-0.4, -0.2) is 47.2 Å². The summed E-state index contributed by atoms with van der Waals surface area (Å²) in [6, 6.07) is 0. The molecule has 0 aliphatic rings. The highest BCUT2D eigenvalue weighted by molar-refractivity contribution is 5.87. The summed E-state index contributed by atoms with van der Waals surface area (Å²) in [5.74, 6) is -22.2. The fourth-order valence-corrected chi connectivity index (χ4v) is 1.26. The number of hydrogen-bond donors (Lipinski definition) is 1. The second-order valence-corrected chi connectivity index (χ2v) is 4.62. The van der Waals surface area contributed by atoms with Crippen LogP contribution in [0.4, 0.5) is 39.5 Å². The lowest BCUT2D eigenvalue weighted by molar-refractivity contribution is -0.408. The third-order valence-electron chi connectivity index (χ3n) is 2.55. The normalized spacial score (nSPS) is 16.7. The zero-order valence-corrected chi connectivity index (χ0v) is 11.5. The van der Waals surface area contributed by atoms with Gasteiger partial charge in [-0.25, -0.2) is 4.79 Å². The maximum atomic E-state index is 13.6. The Hall–Kier alpha value is -1.46. The highest BCUT2D eigenvalue weighted by Crippen LogP contribution is 2.54. The molecule has 0 radical (unpaired) electrons. The predicted octanol–water partition coefficient (Wildman–Crippen LogP) is 3.32. The molecule has 0 aliphatic carbocycles. The second-order valence-electron chi connectivity index (χ2n) is 4.62. The molecule has 0 spiro atoms. The van der Waals surface area contributed by atoms with Crippen LogP contribution in [0.2, 0.25) is 0 Å². The summed E-state index contributed by atoms with van der Waals surface area (Å²) in [6.45, 7) is 4.09. The van der Waals surface area contributed by atoms with E-state index in [4.69, 9.17) is 5.11 Å². The van der Waals surface area contributed by atoms with Crippen molar-refractivity contribution in [1.29, 1.82) is 0 Å². The molecule has 12 heteroatoms. The van der Waals surface area contributed by atoms with Crippen molar-refractivity contribution in [2.24, 2.45) is 0 Å². The fraction of sp³-hybridized carbons (Fsp3) is 0.727. The Bertz CT molecular complexity index is 468. The van der Waals surface area contributed by atoms with E-state index in [1.807, 2.05) is 0 Å². The summed E-state index contributed by atoms with van der Waals surface area (Å²) >= 11 is 0. The van der Waals surface area contributed by atoms with E-state index >= 15 is 0 Å². The molecule has 23 heavy (non-hydrogen) atoms. The van der Waals surface area contributed by atoms with E-state index in [2.05, 4.69) is 11.3 Å². The molecule has 0 saturated heterocycles. The predicted molar refractivity (Wildman–Crippen MR) is 57.3 cm³/mol. The molecular formula is C11H11F9O3. The van der Waals surface area contributed by atoms with E-state index in [0.717, 1.165) is 6.92 Å². The van der Waals surface area contributed by atoms with Crippen LogP contribution in [0.5, 0.6) is 0 Å². The molecule has 0 aromatic carbocycles. The molecular weight excluding hydrogens is 351 g/mol. The number of carbonyl (C=O) groups excluding carboxylic acids is 1. The van der Waals surface area contributed by atoms with Crippen molar-refractivity contribution in [2.75, 3.05) is 0 Å². The summed E-state index contributed by atoms with van der Waals surface area (Å²) in [7, 11) is 0. The van der Waals surface area contributed by atoms with E-state index in [1.54, 1.807) is 0 Å². The first-order valence-corrected chi connectivity index (χ1v) is 5.66. The molecule has 0 amide bonds. The minimum absolute atomic E-state index is 0.339. The van der Waals surface area contributed by atoms with Crippen molar-refractivity contribution < 1.29 is 54.2 Å². The smallest absolute Gasteiger partial charge is 0.450 e. The van der Waals surface area contributed by atoms with Gasteiger partial charge in [-0.2, -0.15) is 39.5 Å². The first-order valence-electron chi connectivity index (χ1n) is 5.66. The van der Waals surface area contributed by atoms with Crippen molar-refractivity contribution in [3.05, 3.63) is 12.2 Å². The quantitative estimate of drug-likeness (QED) is 0.448. The van der Waals surface area contributed by atoms with Gasteiger partial charge in [0, 0.05) is 5.57 Å². The average Bonchev–Trinajstić information content (AvgIpc) is 2.32. The number of alkyl halides is 9. The van der Waals surface area contributed by atoms with Gasteiger partial charge in [-0.05, 0) is 13.8 Å². The standard InChI is InChI=1S/C11H11F9O3/c1-4(2)7(22)23-6(5(3)21)8(12,13)9(14,15)10(16,17)11(18,19)20/h5-6,21H,1H2,2-3H3. The highest BCUT2D eigenvalue weighted by Gasteiger charge is 2.84. The summed E-state index contributed by atoms with van der Waals surface area (Å²) in [5.41, 5.74) is -0.641. The highest BCUT2D eigenvalue weighted by atomic mass is 19.4. The molecule has 2 unspecified atom stereocenters. The number of esters is 1. The Morgan fingerprint density at radius 2 is 1.39 bits per heavy atom. The lowest BCUT2D eigenvalue weighted by Gasteiger charge is -2.38. The zero-order chi connectivity index (χ0) is 19.0. The Kier molecular flexibility index (Phi) is 5.81. The number of rotatable bonds is 6. The Labute approximate surface area is 123 Å². The van der Waals surface area contributed by atoms with Gasteiger partial charge in [0.15, 0.2) is 6.10 Å². The Balaban J connectivity index is 5.96. The van der Waals surface area contributed by atoms with Gasteiger partial charge >= 0.3 is 29.9 Å². The minimum Gasteiger partial charge on any atom is -0.450 e. The van der Waals surface area contributed by atoms with Crippen LogP contribution in [-0.2, 0) is 9.53 Å². The molecule has 3 nitrogen and oxygen atoms in total. The molecule has 0 aromatic rings. The lowest BCUT2D eigenvalue weighted by Crippen LogP contribution is -2.66. The maximum absolute atomic E-state index is 13.6. The number of aliphatic hydroxyl groups is 1. The molecule has 136 valence electrons. The van der Waals surface area contributed by atoms with Crippen LogP contribution in [0.1, 0.15) is 13.8 Å². The van der Waals surface area contributed by atoms with Crippen LogP contribution in [0.15, 0.2) is 12.2 Å². The van der Waals surface area contributed by atoms with Gasteiger partial charge in [-0.1, -0.05) is 6.58 Å². The molecule has 0 bridgehead atoms. The van der Waals surface area contributed by atoms with E-state index < -0.39 is 47.7 Å². The SMILES string of the molecule is C=C(C)C(=O)OC(C(C)O)C(F)(F)C(F)(F)C(F)(F)C(F)(F)F. The average molecular weight is 362 g/mol. The molecule has 0 fully saturated rings. The van der Waals surface area contributed by atoms with E-state index in [0.29, 0.717) is 6.92 Å². The number of halogens is 9. The maximum Gasteiger partial charge on any atom is 0.460 e. The summed E-state index contributed by atoms with van der Waals surface area (Å²) in [6.07, 6.45) is -13.4. The minimum atomic E-state index is -7.15. The Morgan fingerprint density at radius 3 is 1.65 bits per heavy atom. The van der Waals surface area contributed by atoms with Crippen LogP contribution >= 0.6 is 0 Å². The number of carbonyl (C=O) groups is 1. The van der Waals surface area contributed by atoms with E-state index in [9.17, 15) is 44.3 Å². The van der Waals surface area contributed by atoms with Crippen LogP contribution in [0.25, 0.3) is 0 Å². The van der Waals surface area contributed by atoms with Gasteiger partial charge in [-0.15, -0.1) is 0 Å². The first-order chi connectivity index (χ1) is 9.91. The van der Waals surface area contributed by atoms with Gasteiger partial charge in [-0.3, -0.25) is 0 Å². The molecule has 0 heterocycles. The van der Waals surface area contributed by atoms with Crippen molar-refractivity contribution in [3.63, 3.8) is 0 Å². The molecule has 0 rings (SSSR count). The van der Waals surface area contributed by atoms with Crippen LogP contribution in [0, 0.1) is 0 Å². The first kappa shape index (κ1) is 21.5. The monoisotopic (exact) mass is 362 g/mol. The van der Waals surface area contributed by atoms with Gasteiger partial charge < -0.3 is 9.84 Å². The van der Waals surface area contributed by atoms with Crippen molar-refractivity contribution >= 4 is 5.97 Å². The van der Waals surface area contributed by atoms with E-state index in [1.165, 1.54) is 0 Å². The molecule has 0 saturated carbocycles. The van der Waals surface area contributed by atoms with E-state index in [-0.39, 0.29) is 0 Å². The van der Waals surface area contributed by atoms with Crippen LogP contribution < -0.4 is 0 Å². The topological polar surface area (TPSA) is 46.5 Å². The van der Waals surface area contributed by atoms with Crippen molar-refractivity contribution in [1.82, 2.24) is 0 Å². The molecule has 1 N–H and O–H groups in total. The van der Waals surface area contributed by atoms with Gasteiger partial charge in [0.25, 0.3) is 0 Å². The van der Waals surface area contributed by atoms with Crippen molar-refractivity contribution in [3.8, 4) is 0 Å². The summed E-state index contributed by atoms with van der Waals surface area (Å²) in [5, 5.41) is 8.96. The number of aliphatic hydroxyl groups excluding tert-OH is 1. The second kappa shape index (κ2) is 6.21. The summed E-state index contributed by atoms with van der Waals surface area (Å²) in [4.78, 5) is 11.1. The third-order valence-corrected chi connectivity index (χ3v) is 2.55. The zero-order valence-electron chi connectivity index (χ0n) is 11.5. The summed E-state index contributed by atoms with van der Waals surface area (Å²) < 4.78 is 119. The molecule has 0 aliphatic heterocycles. The molecule has 0 aromatic heterocycles. The van der Waals surface area contributed by atoms with Crippen molar-refractivity contribution in [2.45, 2.75) is 50.0 Å². The van der Waals surface area contributed by atoms with Gasteiger partial charge in [0.05, 0.1) is 6.10 Å². The third kappa shape index (κ3) is 3.72. The Morgan fingerprint density at radius 1 is 1.00 bits per heavy atom. The van der Waals surface area contributed by atoms with Gasteiger partial charge in [0.1, 0.15) is 0 Å². The fourth-order valence-electron chi connectivity index (χ4n) is 1.26. The lowest BCUT2D eigenvalue weighted by atomic mass is 9.96. The number of hydrogen-bond acceptors (Lipinski definition) is 3. The largest absolute Gasteiger partial charge is 0.460 e. The van der Waals surface area contributed by atoms with Gasteiger partial charge in [0.2, 0.25) is 0 Å². The van der Waals surface area contributed by atoms with Crippen LogP contribution in [0.3, 0.4) is 0 Å². The number of ether oxygens (including phenoxy) is 1.